The second-order valence-electron chi connectivity index (χ2n) is 5.39. The molecule has 0 radical (unpaired) electrons. The van der Waals surface area contributed by atoms with E-state index in [1.165, 1.54) is 8.99 Å². The van der Waals surface area contributed by atoms with E-state index < -0.39 is 10.0 Å². The molecule has 24 heavy (non-hydrogen) atoms. The summed E-state index contributed by atoms with van der Waals surface area (Å²) in [7, 11) is -1.99. The summed E-state index contributed by atoms with van der Waals surface area (Å²) >= 11 is 0. The van der Waals surface area contributed by atoms with Crippen molar-refractivity contribution in [3.05, 3.63) is 66.9 Å². The van der Waals surface area contributed by atoms with E-state index in [1.807, 2.05) is 55.5 Å². The molecule has 0 amide bonds. The molecule has 0 bridgehead atoms. The molecule has 1 aromatic heterocycles. The van der Waals surface area contributed by atoms with Crippen LogP contribution in [0.3, 0.4) is 0 Å². The maximum atomic E-state index is 13.2. The lowest BCUT2D eigenvalue weighted by Crippen LogP contribution is -2.30. The van der Waals surface area contributed by atoms with Crippen LogP contribution in [0.1, 0.15) is 6.92 Å². The number of aromatic nitrogens is 2. The Morgan fingerprint density at radius 1 is 1.00 bits per heavy atom. The van der Waals surface area contributed by atoms with E-state index in [9.17, 15) is 8.42 Å². The highest BCUT2D eigenvalue weighted by Crippen LogP contribution is 2.30. The van der Waals surface area contributed by atoms with Crippen molar-refractivity contribution in [3.63, 3.8) is 0 Å². The quantitative estimate of drug-likeness (QED) is 0.715. The minimum absolute atomic E-state index is 0.210. The van der Waals surface area contributed by atoms with E-state index in [1.54, 1.807) is 25.4 Å². The van der Waals surface area contributed by atoms with Gasteiger partial charge in [-0.1, -0.05) is 48.5 Å². The molecule has 124 valence electrons. The zero-order valence-electron chi connectivity index (χ0n) is 13.6. The minimum atomic E-state index is -3.71. The molecular formula is C18H19N3O2S. The monoisotopic (exact) mass is 341 g/mol. The molecule has 0 atom stereocenters. The molecule has 2 aromatic carbocycles. The molecule has 0 unspecified atom stereocenters. The van der Waals surface area contributed by atoms with Gasteiger partial charge in [-0.3, -0.25) is 8.99 Å². The lowest BCUT2D eigenvalue weighted by Gasteiger charge is -2.22. The molecule has 0 aliphatic rings. The van der Waals surface area contributed by atoms with Gasteiger partial charge >= 0.3 is 0 Å². The summed E-state index contributed by atoms with van der Waals surface area (Å²) < 4.78 is 29.4. The summed E-state index contributed by atoms with van der Waals surface area (Å²) in [5.74, 6) is 0. The van der Waals surface area contributed by atoms with Gasteiger partial charge in [0.25, 0.3) is 10.0 Å². The maximum absolute atomic E-state index is 13.2. The smallest absolute Gasteiger partial charge is 0.268 e. The van der Waals surface area contributed by atoms with Crippen LogP contribution in [0.4, 0.5) is 5.69 Å². The van der Waals surface area contributed by atoms with Gasteiger partial charge in [0.2, 0.25) is 0 Å². The average Bonchev–Trinajstić information content (AvgIpc) is 3.00. The highest BCUT2D eigenvalue weighted by atomic mass is 32.2. The van der Waals surface area contributed by atoms with Crippen LogP contribution in [0, 0.1) is 0 Å². The predicted octanol–water partition coefficient (Wildman–Crippen LogP) is 3.30. The first-order chi connectivity index (χ1) is 11.5. The number of aryl methyl sites for hydroxylation is 1. The largest absolute Gasteiger partial charge is 0.274 e. The molecule has 0 saturated carbocycles. The molecule has 0 fully saturated rings. The van der Waals surface area contributed by atoms with Gasteiger partial charge in [-0.25, -0.2) is 8.42 Å². The van der Waals surface area contributed by atoms with Crippen molar-refractivity contribution in [1.82, 2.24) is 9.78 Å². The normalized spacial score (nSPS) is 11.4. The van der Waals surface area contributed by atoms with Crippen molar-refractivity contribution in [2.24, 2.45) is 7.05 Å². The Kier molecular flexibility index (Phi) is 4.40. The van der Waals surface area contributed by atoms with E-state index >= 15 is 0 Å². The van der Waals surface area contributed by atoms with Gasteiger partial charge in [0, 0.05) is 25.4 Å². The predicted molar refractivity (Wildman–Crippen MR) is 95.3 cm³/mol. The van der Waals surface area contributed by atoms with Crippen LogP contribution in [0.15, 0.2) is 71.8 Å². The molecule has 0 aliphatic heterocycles. The third kappa shape index (κ3) is 2.92. The van der Waals surface area contributed by atoms with Crippen molar-refractivity contribution in [1.29, 1.82) is 0 Å². The highest BCUT2D eigenvalue weighted by Gasteiger charge is 2.29. The Hall–Kier alpha value is -2.60. The second kappa shape index (κ2) is 6.49. The number of hydrogen-bond donors (Lipinski definition) is 0. The first-order valence-corrected chi connectivity index (χ1v) is 9.15. The van der Waals surface area contributed by atoms with Crippen LogP contribution < -0.4 is 4.31 Å². The molecule has 5 nitrogen and oxygen atoms in total. The minimum Gasteiger partial charge on any atom is -0.274 e. The first-order valence-electron chi connectivity index (χ1n) is 7.71. The molecule has 0 aliphatic carbocycles. The summed E-state index contributed by atoms with van der Waals surface area (Å²) in [5.41, 5.74) is 1.89. The fraction of sp³-hybridized carbons (Fsp3) is 0.167. The zero-order chi connectivity index (χ0) is 17.2. The Balaban J connectivity index is 2.14. The summed E-state index contributed by atoms with van der Waals surface area (Å²) in [6.45, 7) is 2.17. The van der Waals surface area contributed by atoms with Gasteiger partial charge in [-0.2, -0.15) is 5.10 Å². The number of nitrogens with zero attached hydrogens (tertiary/aromatic N) is 3. The zero-order valence-corrected chi connectivity index (χ0v) is 14.4. The van der Waals surface area contributed by atoms with Gasteiger partial charge < -0.3 is 0 Å². The maximum Gasteiger partial charge on any atom is 0.268 e. The van der Waals surface area contributed by atoms with Crippen LogP contribution >= 0.6 is 0 Å². The third-order valence-corrected chi connectivity index (χ3v) is 5.65. The molecule has 0 spiro atoms. The Labute approximate surface area is 142 Å². The Morgan fingerprint density at radius 3 is 2.17 bits per heavy atom. The lowest BCUT2D eigenvalue weighted by molar-refractivity contribution is 0.592. The Morgan fingerprint density at radius 2 is 1.58 bits per heavy atom. The van der Waals surface area contributed by atoms with Crippen molar-refractivity contribution < 1.29 is 8.42 Å². The summed E-state index contributed by atoms with van der Waals surface area (Å²) in [6, 6.07) is 18.5. The van der Waals surface area contributed by atoms with E-state index in [4.69, 9.17) is 0 Å². The van der Waals surface area contributed by atoms with Crippen LogP contribution in [-0.4, -0.2) is 24.7 Å². The fourth-order valence-electron chi connectivity index (χ4n) is 2.66. The van der Waals surface area contributed by atoms with E-state index in [-0.39, 0.29) is 4.90 Å². The molecule has 0 saturated heterocycles. The standard InChI is InChI=1S/C18H19N3O2S/c1-3-21(16-12-8-5-9-13-16)24(22,23)17-14-20(2)19-18(17)15-10-6-4-7-11-15/h4-14H,3H2,1-2H3. The topological polar surface area (TPSA) is 55.2 Å². The van der Waals surface area contributed by atoms with Gasteiger partial charge in [0.15, 0.2) is 0 Å². The lowest BCUT2D eigenvalue weighted by atomic mass is 10.2. The average molecular weight is 341 g/mol. The van der Waals surface area contributed by atoms with Gasteiger partial charge in [-0.15, -0.1) is 0 Å². The number of benzene rings is 2. The molecule has 3 rings (SSSR count). The molecule has 6 heteroatoms. The molecule has 1 heterocycles. The number of anilines is 1. The van der Waals surface area contributed by atoms with Crippen molar-refractivity contribution in [2.45, 2.75) is 11.8 Å². The van der Waals surface area contributed by atoms with E-state index in [0.29, 0.717) is 17.9 Å². The van der Waals surface area contributed by atoms with Crippen LogP contribution in [0.5, 0.6) is 0 Å². The van der Waals surface area contributed by atoms with Gasteiger partial charge in [-0.05, 0) is 19.1 Å². The summed E-state index contributed by atoms with van der Waals surface area (Å²) in [6.07, 6.45) is 1.56. The van der Waals surface area contributed by atoms with Crippen molar-refractivity contribution >= 4 is 15.7 Å². The highest BCUT2D eigenvalue weighted by molar-refractivity contribution is 7.93. The van der Waals surface area contributed by atoms with E-state index in [0.717, 1.165) is 5.56 Å². The van der Waals surface area contributed by atoms with Crippen molar-refractivity contribution in [2.75, 3.05) is 10.8 Å². The number of para-hydroxylation sites is 1. The second-order valence-corrected chi connectivity index (χ2v) is 7.22. The summed E-state index contributed by atoms with van der Waals surface area (Å²) in [4.78, 5) is 0.210. The first kappa shape index (κ1) is 16.3. The number of hydrogen-bond acceptors (Lipinski definition) is 3. The van der Waals surface area contributed by atoms with Crippen LogP contribution in [-0.2, 0) is 17.1 Å². The molecule has 0 N–H and O–H groups in total. The van der Waals surface area contributed by atoms with Gasteiger partial charge in [0.1, 0.15) is 10.6 Å². The number of rotatable bonds is 5. The SMILES string of the molecule is CCN(c1ccccc1)S(=O)(=O)c1cn(C)nc1-c1ccccc1. The number of sulfonamides is 1. The Bertz CT molecular complexity index is 919. The fourth-order valence-corrected chi connectivity index (χ4v) is 4.32. The molecule has 3 aromatic rings. The van der Waals surface area contributed by atoms with Crippen molar-refractivity contribution in [3.8, 4) is 11.3 Å². The third-order valence-electron chi connectivity index (χ3n) is 3.74. The van der Waals surface area contributed by atoms with Crippen LogP contribution in [0.25, 0.3) is 11.3 Å². The van der Waals surface area contributed by atoms with Crippen LogP contribution in [0.2, 0.25) is 0 Å². The van der Waals surface area contributed by atoms with E-state index in [2.05, 4.69) is 5.10 Å². The summed E-state index contributed by atoms with van der Waals surface area (Å²) in [5, 5.41) is 4.37. The van der Waals surface area contributed by atoms with Gasteiger partial charge in [0.05, 0.1) is 5.69 Å². The molecular weight excluding hydrogens is 322 g/mol.